The van der Waals surface area contributed by atoms with Crippen molar-refractivity contribution in [3.05, 3.63) is 53.7 Å². The number of hydrogen-bond acceptors (Lipinski definition) is 4. The van der Waals surface area contributed by atoms with Crippen molar-refractivity contribution >= 4 is 11.5 Å². The summed E-state index contributed by atoms with van der Waals surface area (Å²) in [6.45, 7) is 0.709. The van der Waals surface area contributed by atoms with Crippen molar-refractivity contribution in [1.82, 2.24) is 4.98 Å². The molecule has 1 heterocycles. The van der Waals surface area contributed by atoms with Gasteiger partial charge in [-0.15, -0.1) is 0 Å². The van der Waals surface area contributed by atoms with Crippen molar-refractivity contribution in [2.24, 2.45) is 0 Å². The lowest BCUT2D eigenvalue weighted by Crippen LogP contribution is -2.09. The Hall–Kier alpha value is -2.54. The summed E-state index contributed by atoms with van der Waals surface area (Å²) in [7, 11) is 4.05. The zero-order valence-corrected chi connectivity index (χ0v) is 11.1. The normalized spacial score (nSPS) is 9.74. The van der Waals surface area contributed by atoms with Crippen LogP contribution in [-0.4, -0.2) is 19.1 Å². The van der Waals surface area contributed by atoms with Gasteiger partial charge in [-0.2, -0.15) is 5.26 Å². The fourth-order valence-corrected chi connectivity index (χ4v) is 1.70. The second-order valence-electron chi connectivity index (χ2n) is 4.46. The van der Waals surface area contributed by atoms with Crippen molar-refractivity contribution in [3.8, 4) is 6.07 Å². The van der Waals surface area contributed by atoms with E-state index in [0.29, 0.717) is 12.1 Å². The molecule has 0 saturated heterocycles. The average Bonchev–Trinajstić information content (AvgIpc) is 2.46. The molecule has 0 unspecified atom stereocenters. The molecule has 0 saturated carbocycles. The van der Waals surface area contributed by atoms with E-state index < -0.39 is 0 Å². The van der Waals surface area contributed by atoms with Gasteiger partial charge in [0.25, 0.3) is 0 Å². The summed E-state index contributed by atoms with van der Waals surface area (Å²) < 4.78 is 0. The highest BCUT2D eigenvalue weighted by molar-refractivity contribution is 5.48. The molecule has 1 aromatic carbocycles. The van der Waals surface area contributed by atoms with Crippen LogP contribution < -0.4 is 10.2 Å². The smallest absolute Gasteiger partial charge is 0.126 e. The Labute approximate surface area is 113 Å². The van der Waals surface area contributed by atoms with Crippen LogP contribution in [-0.2, 0) is 6.54 Å². The number of nitrogens with one attached hydrogen (secondary N) is 1. The van der Waals surface area contributed by atoms with E-state index in [-0.39, 0.29) is 0 Å². The molecule has 4 heteroatoms. The van der Waals surface area contributed by atoms with E-state index in [2.05, 4.69) is 39.5 Å². The monoisotopic (exact) mass is 252 g/mol. The molecule has 0 spiro atoms. The highest BCUT2D eigenvalue weighted by Crippen LogP contribution is 2.14. The zero-order valence-electron chi connectivity index (χ0n) is 11.1. The molecule has 96 valence electrons. The van der Waals surface area contributed by atoms with Crippen molar-refractivity contribution < 1.29 is 0 Å². The fourth-order valence-electron chi connectivity index (χ4n) is 1.70. The van der Waals surface area contributed by atoms with Gasteiger partial charge in [0.1, 0.15) is 11.9 Å². The van der Waals surface area contributed by atoms with Gasteiger partial charge in [-0.1, -0.05) is 12.1 Å². The van der Waals surface area contributed by atoms with Gasteiger partial charge < -0.3 is 10.2 Å². The number of pyridine rings is 1. The van der Waals surface area contributed by atoms with Gasteiger partial charge in [0.15, 0.2) is 0 Å². The number of nitrogens with zero attached hydrogens (tertiary/aromatic N) is 3. The van der Waals surface area contributed by atoms with Crippen LogP contribution in [0.15, 0.2) is 42.6 Å². The van der Waals surface area contributed by atoms with Gasteiger partial charge in [0, 0.05) is 32.5 Å². The molecule has 1 aromatic heterocycles. The van der Waals surface area contributed by atoms with Crippen molar-refractivity contribution in [3.63, 3.8) is 0 Å². The molecule has 0 aliphatic heterocycles. The first-order chi connectivity index (χ1) is 9.19. The highest BCUT2D eigenvalue weighted by Gasteiger charge is 1.99. The Morgan fingerprint density at radius 1 is 1.26 bits per heavy atom. The second kappa shape index (κ2) is 5.87. The summed E-state index contributed by atoms with van der Waals surface area (Å²) in [6, 6.07) is 13.9. The van der Waals surface area contributed by atoms with E-state index >= 15 is 0 Å². The molecule has 0 aliphatic rings. The molecule has 2 rings (SSSR count). The number of anilines is 2. The second-order valence-corrected chi connectivity index (χ2v) is 4.46. The number of nitriles is 1. The summed E-state index contributed by atoms with van der Waals surface area (Å²) in [6.07, 6.45) is 1.57. The first kappa shape index (κ1) is 12.9. The number of rotatable bonds is 4. The molecular formula is C15H16N4. The quantitative estimate of drug-likeness (QED) is 0.908. The summed E-state index contributed by atoms with van der Waals surface area (Å²) in [5, 5.41) is 11.9. The minimum atomic E-state index is 0.570. The molecule has 0 fully saturated rings. The maximum Gasteiger partial charge on any atom is 0.126 e. The maximum atomic E-state index is 8.70. The fraction of sp³-hybridized carbons (Fsp3) is 0.200. The van der Waals surface area contributed by atoms with Crippen molar-refractivity contribution in [1.29, 1.82) is 5.26 Å². The van der Waals surface area contributed by atoms with Crippen LogP contribution in [0.1, 0.15) is 11.1 Å². The number of aromatic nitrogens is 1. The molecule has 19 heavy (non-hydrogen) atoms. The average molecular weight is 252 g/mol. The van der Waals surface area contributed by atoms with Gasteiger partial charge >= 0.3 is 0 Å². The molecule has 0 radical (unpaired) electrons. The largest absolute Gasteiger partial charge is 0.378 e. The van der Waals surface area contributed by atoms with Crippen LogP contribution >= 0.6 is 0 Å². The van der Waals surface area contributed by atoms with Gasteiger partial charge in [0.05, 0.1) is 5.56 Å². The molecule has 0 amide bonds. The van der Waals surface area contributed by atoms with Crippen LogP contribution in [0.4, 0.5) is 11.5 Å². The molecule has 2 aromatic rings. The van der Waals surface area contributed by atoms with Crippen LogP contribution in [0.3, 0.4) is 0 Å². The first-order valence-electron chi connectivity index (χ1n) is 6.05. The third-order valence-corrected chi connectivity index (χ3v) is 2.79. The molecule has 0 bridgehead atoms. The standard InChI is InChI=1S/C15H16N4/c1-19(2)14-5-3-4-12(8-14)10-17-15-7-6-13(9-16)11-18-15/h3-8,11H,10H2,1-2H3,(H,17,18). The van der Waals surface area contributed by atoms with Crippen LogP contribution in [0.25, 0.3) is 0 Å². The third kappa shape index (κ3) is 3.46. The number of hydrogen-bond donors (Lipinski definition) is 1. The molecular weight excluding hydrogens is 236 g/mol. The summed E-state index contributed by atoms with van der Waals surface area (Å²) in [5.74, 6) is 0.772. The summed E-state index contributed by atoms with van der Waals surface area (Å²) in [5.41, 5.74) is 2.93. The topological polar surface area (TPSA) is 52.0 Å². The van der Waals surface area contributed by atoms with Crippen LogP contribution in [0.5, 0.6) is 0 Å². The minimum Gasteiger partial charge on any atom is -0.378 e. The Morgan fingerprint density at radius 2 is 2.11 bits per heavy atom. The predicted molar refractivity (Wildman–Crippen MR) is 77.0 cm³/mol. The van der Waals surface area contributed by atoms with Gasteiger partial charge in [0.2, 0.25) is 0 Å². The van der Waals surface area contributed by atoms with E-state index in [9.17, 15) is 0 Å². The Kier molecular flexibility index (Phi) is 3.99. The lowest BCUT2D eigenvalue weighted by atomic mass is 10.2. The molecule has 0 aliphatic carbocycles. The molecule has 0 atom stereocenters. The van der Waals surface area contributed by atoms with Gasteiger partial charge in [-0.25, -0.2) is 4.98 Å². The van der Waals surface area contributed by atoms with Gasteiger partial charge in [-0.3, -0.25) is 0 Å². The lowest BCUT2D eigenvalue weighted by Gasteiger charge is -2.14. The minimum absolute atomic E-state index is 0.570. The molecule has 4 nitrogen and oxygen atoms in total. The Bertz CT molecular complexity index is 582. The maximum absolute atomic E-state index is 8.70. The van der Waals surface area contributed by atoms with E-state index in [1.807, 2.05) is 26.2 Å². The Morgan fingerprint density at radius 3 is 2.74 bits per heavy atom. The predicted octanol–water partition coefficient (Wildman–Crippen LogP) is 2.63. The lowest BCUT2D eigenvalue weighted by molar-refractivity contribution is 1.08. The third-order valence-electron chi connectivity index (χ3n) is 2.79. The first-order valence-corrected chi connectivity index (χ1v) is 6.05. The zero-order chi connectivity index (χ0) is 13.7. The van der Waals surface area contributed by atoms with Crippen molar-refractivity contribution in [2.45, 2.75) is 6.54 Å². The van der Waals surface area contributed by atoms with E-state index in [0.717, 1.165) is 5.82 Å². The van der Waals surface area contributed by atoms with Gasteiger partial charge in [-0.05, 0) is 29.8 Å². The van der Waals surface area contributed by atoms with Crippen LogP contribution in [0.2, 0.25) is 0 Å². The molecule has 1 N–H and O–H groups in total. The van der Waals surface area contributed by atoms with E-state index in [1.165, 1.54) is 11.3 Å². The van der Waals surface area contributed by atoms with Crippen LogP contribution in [0, 0.1) is 11.3 Å². The SMILES string of the molecule is CN(C)c1cccc(CNc2ccc(C#N)cn2)c1. The summed E-state index contributed by atoms with van der Waals surface area (Å²) >= 11 is 0. The van der Waals surface area contributed by atoms with E-state index in [1.54, 1.807) is 12.3 Å². The van der Waals surface area contributed by atoms with Crippen molar-refractivity contribution in [2.75, 3.05) is 24.3 Å². The van der Waals surface area contributed by atoms with E-state index in [4.69, 9.17) is 5.26 Å². The Balaban J connectivity index is 2.02. The highest BCUT2D eigenvalue weighted by atomic mass is 15.1. The summed E-state index contributed by atoms with van der Waals surface area (Å²) in [4.78, 5) is 6.25. The number of benzene rings is 1.